The van der Waals surface area contributed by atoms with Crippen molar-refractivity contribution in [2.24, 2.45) is 0 Å². The number of anilines is 1. The molecule has 0 aliphatic rings. The lowest BCUT2D eigenvalue weighted by Crippen LogP contribution is -2.11. The third-order valence-corrected chi connectivity index (χ3v) is 3.17. The number of rotatable bonds is 8. The van der Waals surface area contributed by atoms with Crippen molar-refractivity contribution in [2.75, 3.05) is 18.5 Å². The Hall–Kier alpha value is -2.49. The molecule has 23 heavy (non-hydrogen) atoms. The fraction of sp³-hybridized carbons (Fsp3) is 0.316. The van der Waals surface area contributed by atoms with Gasteiger partial charge in [-0.2, -0.15) is 0 Å². The third-order valence-electron chi connectivity index (χ3n) is 3.17. The molecule has 2 aromatic carbocycles. The van der Waals surface area contributed by atoms with E-state index in [1.165, 1.54) is 0 Å². The first-order chi connectivity index (χ1) is 11.2. The van der Waals surface area contributed by atoms with E-state index in [0.29, 0.717) is 18.8 Å². The maximum absolute atomic E-state index is 12.2. The third kappa shape index (κ3) is 5.33. The number of carbonyl (C=O) groups excluding carboxylic acids is 1. The van der Waals surface area contributed by atoms with Crippen molar-refractivity contribution in [3.8, 4) is 11.5 Å². The van der Waals surface area contributed by atoms with Crippen LogP contribution in [0, 0.1) is 0 Å². The van der Waals surface area contributed by atoms with Crippen LogP contribution in [0.4, 0.5) is 5.69 Å². The van der Waals surface area contributed by atoms with Gasteiger partial charge in [0.25, 0.3) is 5.91 Å². The van der Waals surface area contributed by atoms with Crippen molar-refractivity contribution < 1.29 is 14.3 Å². The molecule has 0 saturated carbocycles. The molecule has 0 heterocycles. The van der Waals surface area contributed by atoms with Crippen LogP contribution in [-0.2, 0) is 0 Å². The van der Waals surface area contributed by atoms with Crippen LogP contribution in [0.5, 0.6) is 11.5 Å². The lowest BCUT2D eigenvalue weighted by Gasteiger charge is -2.08. The zero-order valence-electron chi connectivity index (χ0n) is 13.7. The minimum Gasteiger partial charge on any atom is -0.494 e. The van der Waals surface area contributed by atoms with Crippen LogP contribution in [0.25, 0.3) is 0 Å². The molecule has 4 heteroatoms. The van der Waals surface area contributed by atoms with Crippen LogP contribution in [0.3, 0.4) is 0 Å². The van der Waals surface area contributed by atoms with Gasteiger partial charge < -0.3 is 14.8 Å². The van der Waals surface area contributed by atoms with Gasteiger partial charge in [0.15, 0.2) is 0 Å². The molecule has 0 bridgehead atoms. The van der Waals surface area contributed by atoms with E-state index in [1.807, 2.05) is 36.4 Å². The van der Waals surface area contributed by atoms with E-state index in [9.17, 15) is 4.79 Å². The molecule has 0 spiro atoms. The van der Waals surface area contributed by atoms with Crippen LogP contribution >= 0.6 is 0 Å². The Kier molecular flexibility index (Phi) is 6.48. The van der Waals surface area contributed by atoms with Gasteiger partial charge >= 0.3 is 0 Å². The highest BCUT2D eigenvalue weighted by Gasteiger charge is 2.06. The lowest BCUT2D eigenvalue weighted by molar-refractivity contribution is 0.102. The maximum atomic E-state index is 12.2. The highest BCUT2D eigenvalue weighted by molar-refractivity contribution is 6.04. The van der Waals surface area contributed by atoms with E-state index in [4.69, 9.17) is 9.47 Å². The molecule has 0 aliphatic carbocycles. The smallest absolute Gasteiger partial charge is 0.255 e. The number of hydrogen-bond acceptors (Lipinski definition) is 3. The zero-order valence-corrected chi connectivity index (χ0v) is 13.7. The van der Waals surface area contributed by atoms with Gasteiger partial charge in [-0.05, 0) is 61.4 Å². The SMILES string of the molecule is CCCOc1ccc(NC(=O)c2ccc(OCCC)cc2)cc1. The molecule has 1 N–H and O–H groups in total. The van der Waals surface area contributed by atoms with Crippen LogP contribution in [-0.4, -0.2) is 19.1 Å². The van der Waals surface area contributed by atoms with Gasteiger partial charge in [0.2, 0.25) is 0 Å². The largest absolute Gasteiger partial charge is 0.494 e. The average molecular weight is 313 g/mol. The van der Waals surface area contributed by atoms with E-state index >= 15 is 0 Å². The Labute approximate surface area is 137 Å². The highest BCUT2D eigenvalue weighted by atomic mass is 16.5. The Morgan fingerprint density at radius 3 is 1.78 bits per heavy atom. The second-order valence-electron chi connectivity index (χ2n) is 5.20. The second kappa shape index (κ2) is 8.83. The van der Waals surface area contributed by atoms with Gasteiger partial charge in [-0.15, -0.1) is 0 Å². The van der Waals surface area contributed by atoms with Crippen molar-refractivity contribution in [3.05, 3.63) is 54.1 Å². The minimum absolute atomic E-state index is 0.144. The molecule has 0 fully saturated rings. The van der Waals surface area contributed by atoms with Gasteiger partial charge in [0, 0.05) is 11.3 Å². The summed E-state index contributed by atoms with van der Waals surface area (Å²) in [5.41, 5.74) is 1.34. The summed E-state index contributed by atoms with van der Waals surface area (Å²) in [4.78, 5) is 12.2. The van der Waals surface area contributed by atoms with E-state index in [0.717, 1.165) is 30.0 Å². The van der Waals surface area contributed by atoms with Crippen molar-refractivity contribution in [2.45, 2.75) is 26.7 Å². The highest BCUT2D eigenvalue weighted by Crippen LogP contribution is 2.18. The van der Waals surface area contributed by atoms with Crippen molar-refractivity contribution >= 4 is 11.6 Å². The molecule has 2 aromatic rings. The summed E-state index contributed by atoms with van der Waals surface area (Å²) < 4.78 is 11.0. The van der Waals surface area contributed by atoms with E-state index in [1.54, 1.807) is 12.1 Å². The molecule has 122 valence electrons. The first kappa shape index (κ1) is 16.9. The predicted molar refractivity (Wildman–Crippen MR) is 92.4 cm³/mol. The Bertz CT molecular complexity index is 606. The molecule has 0 aromatic heterocycles. The van der Waals surface area contributed by atoms with Gasteiger partial charge in [-0.1, -0.05) is 13.8 Å². The molecule has 2 rings (SSSR count). The van der Waals surface area contributed by atoms with Crippen molar-refractivity contribution in [1.82, 2.24) is 0 Å². The second-order valence-corrected chi connectivity index (χ2v) is 5.20. The summed E-state index contributed by atoms with van der Waals surface area (Å²) >= 11 is 0. The molecular weight excluding hydrogens is 290 g/mol. The van der Waals surface area contributed by atoms with Gasteiger partial charge in [0.1, 0.15) is 11.5 Å². The molecule has 0 radical (unpaired) electrons. The van der Waals surface area contributed by atoms with E-state index < -0.39 is 0 Å². The Morgan fingerprint density at radius 1 is 0.826 bits per heavy atom. The summed E-state index contributed by atoms with van der Waals surface area (Å²) in [5, 5.41) is 2.87. The van der Waals surface area contributed by atoms with Gasteiger partial charge in [0.05, 0.1) is 13.2 Å². The van der Waals surface area contributed by atoms with Crippen molar-refractivity contribution in [1.29, 1.82) is 0 Å². The topological polar surface area (TPSA) is 47.6 Å². The van der Waals surface area contributed by atoms with E-state index in [2.05, 4.69) is 19.2 Å². The molecule has 0 aliphatic heterocycles. The Morgan fingerprint density at radius 2 is 1.30 bits per heavy atom. The fourth-order valence-electron chi connectivity index (χ4n) is 1.98. The molecule has 4 nitrogen and oxygen atoms in total. The lowest BCUT2D eigenvalue weighted by atomic mass is 10.2. The normalized spacial score (nSPS) is 10.2. The molecule has 0 unspecified atom stereocenters. The number of carbonyl (C=O) groups is 1. The summed E-state index contributed by atoms with van der Waals surface area (Å²) in [7, 11) is 0. The Balaban J connectivity index is 1.93. The summed E-state index contributed by atoms with van der Waals surface area (Å²) in [5.74, 6) is 1.44. The quantitative estimate of drug-likeness (QED) is 0.779. The number of ether oxygens (including phenoxy) is 2. The zero-order chi connectivity index (χ0) is 16.5. The summed E-state index contributed by atoms with van der Waals surface area (Å²) in [6, 6.07) is 14.5. The summed E-state index contributed by atoms with van der Waals surface area (Å²) in [6.07, 6.45) is 1.93. The number of hydrogen-bond donors (Lipinski definition) is 1. The number of amides is 1. The van der Waals surface area contributed by atoms with Crippen LogP contribution in [0.15, 0.2) is 48.5 Å². The molecule has 1 amide bonds. The van der Waals surface area contributed by atoms with Crippen LogP contribution < -0.4 is 14.8 Å². The molecule has 0 atom stereocenters. The minimum atomic E-state index is -0.144. The van der Waals surface area contributed by atoms with Crippen molar-refractivity contribution in [3.63, 3.8) is 0 Å². The summed E-state index contributed by atoms with van der Waals surface area (Å²) in [6.45, 7) is 5.49. The fourth-order valence-corrected chi connectivity index (χ4v) is 1.98. The predicted octanol–water partition coefficient (Wildman–Crippen LogP) is 4.52. The molecular formula is C19H23NO3. The van der Waals surface area contributed by atoms with Crippen LogP contribution in [0.1, 0.15) is 37.0 Å². The number of benzene rings is 2. The molecule has 0 saturated heterocycles. The van der Waals surface area contributed by atoms with Crippen LogP contribution in [0.2, 0.25) is 0 Å². The first-order valence-electron chi connectivity index (χ1n) is 8.00. The monoisotopic (exact) mass is 313 g/mol. The standard InChI is InChI=1S/C19H23NO3/c1-3-13-22-17-9-5-15(6-10-17)19(21)20-16-7-11-18(12-8-16)23-14-4-2/h5-12H,3-4,13-14H2,1-2H3,(H,20,21). The van der Waals surface area contributed by atoms with Gasteiger partial charge in [-0.25, -0.2) is 0 Å². The average Bonchev–Trinajstić information content (AvgIpc) is 2.59. The maximum Gasteiger partial charge on any atom is 0.255 e. The number of nitrogens with one attached hydrogen (secondary N) is 1. The first-order valence-corrected chi connectivity index (χ1v) is 8.00. The van der Waals surface area contributed by atoms with Gasteiger partial charge in [-0.3, -0.25) is 4.79 Å². The van der Waals surface area contributed by atoms with E-state index in [-0.39, 0.29) is 5.91 Å².